The number of unbranched alkanes of at least 4 members (excludes halogenated alkanes) is 11. The zero-order chi connectivity index (χ0) is 17.9. The van der Waals surface area contributed by atoms with Crippen molar-refractivity contribution in [3.05, 3.63) is 0 Å². The van der Waals surface area contributed by atoms with Crippen LogP contribution in [0.1, 0.15) is 110 Å². The number of carbonyl (C=O) groups is 1. The van der Waals surface area contributed by atoms with Gasteiger partial charge in [-0.05, 0) is 12.3 Å². The van der Waals surface area contributed by atoms with Crippen molar-refractivity contribution in [3.63, 3.8) is 0 Å². The summed E-state index contributed by atoms with van der Waals surface area (Å²) in [6.07, 6.45) is 18.2. The molecule has 0 aromatic carbocycles. The van der Waals surface area contributed by atoms with Crippen LogP contribution in [0.15, 0.2) is 0 Å². The summed E-state index contributed by atoms with van der Waals surface area (Å²) in [6.45, 7) is 5.06. The van der Waals surface area contributed by atoms with Gasteiger partial charge in [-0.1, -0.05) is 90.9 Å². The first kappa shape index (κ1) is 23.4. The minimum absolute atomic E-state index is 0.0887. The number of hydrogen-bond acceptors (Lipinski definition) is 3. The predicted octanol–water partition coefficient (Wildman–Crippen LogP) is 6.03. The van der Waals surface area contributed by atoms with Crippen molar-refractivity contribution in [2.45, 2.75) is 110 Å². The standard InChI is InChI=1S/C21H42O3/c1-20(2)16-13-11-9-7-5-3-4-6-8-10-12-14-17-21(23)24-19-15-18-22/h20,22H,3-19H2,1-2H3. The van der Waals surface area contributed by atoms with Crippen molar-refractivity contribution in [3.8, 4) is 0 Å². The van der Waals surface area contributed by atoms with E-state index < -0.39 is 0 Å². The summed E-state index contributed by atoms with van der Waals surface area (Å²) >= 11 is 0. The number of hydrogen-bond donors (Lipinski definition) is 1. The van der Waals surface area contributed by atoms with Gasteiger partial charge in [-0.25, -0.2) is 0 Å². The highest BCUT2D eigenvalue weighted by atomic mass is 16.5. The number of aliphatic hydroxyl groups excluding tert-OH is 1. The van der Waals surface area contributed by atoms with E-state index in [1.165, 1.54) is 70.6 Å². The third kappa shape index (κ3) is 19.5. The topological polar surface area (TPSA) is 46.5 Å². The van der Waals surface area contributed by atoms with Crippen LogP contribution >= 0.6 is 0 Å². The van der Waals surface area contributed by atoms with Gasteiger partial charge < -0.3 is 9.84 Å². The molecule has 0 aromatic heterocycles. The molecule has 1 N–H and O–H groups in total. The molecular weight excluding hydrogens is 300 g/mol. The van der Waals surface area contributed by atoms with E-state index in [1.807, 2.05) is 0 Å². The van der Waals surface area contributed by atoms with Crippen molar-refractivity contribution >= 4 is 5.97 Å². The summed E-state index contributed by atoms with van der Waals surface area (Å²) in [7, 11) is 0. The van der Waals surface area contributed by atoms with Crippen molar-refractivity contribution in [2.75, 3.05) is 13.2 Å². The monoisotopic (exact) mass is 342 g/mol. The number of esters is 1. The highest BCUT2D eigenvalue weighted by Crippen LogP contribution is 2.14. The summed E-state index contributed by atoms with van der Waals surface area (Å²) < 4.78 is 5.00. The molecule has 144 valence electrons. The first-order valence-corrected chi connectivity index (χ1v) is 10.4. The Morgan fingerprint density at radius 3 is 1.67 bits per heavy atom. The SMILES string of the molecule is CC(C)CCCCCCCCCCCCCCC(=O)OCCCO. The van der Waals surface area contributed by atoms with Gasteiger partial charge in [0.25, 0.3) is 0 Å². The van der Waals surface area contributed by atoms with Crippen LogP contribution in [-0.2, 0) is 9.53 Å². The van der Waals surface area contributed by atoms with E-state index in [2.05, 4.69) is 13.8 Å². The lowest BCUT2D eigenvalue weighted by atomic mass is 10.0. The average Bonchev–Trinajstić information content (AvgIpc) is 2.55. The van der Waals surface area contributed by atoms with Gasteiger partial charge >= 0.3 is 5.97 Å². The van der Waals surface area contributed by atoms with Crippen LogP contribution in [0.2, 0.25) is 0 Å². The normalized spacial score (nSPS) is 11.2. The Morgan fingerprint density at radius 2 is 1.21 bits per heavy atom. The van der Waals surface area contributed by atoms with E-state index in [0.717, 1.165) is 18.8 Å². The highest BCUT2D eigenvalue weighted by molar-refractivity contribution is 5.69. The molecule has 0 saturated carbocycles. The summed E-state index contributed by atoms with van der Waals surface area (Å²) in [4.78, 5) is 11.3. The lowest BCUT2D eigenvalue weighted by Gasteiger charge is -2.05. The third-order valence-electron chi connectivity index (χ3n) is 4.48. The van der Waals surface area contributed by atoms with E-state index in [4.69, 9.17) is 9.84 Å². The van der Waals surface area contributed by atoms with Crippen molar-refractivity contribution < 1.29 is 14.6 Å². The summed E-state index contributed by atoms with van der Waals surface area (Å²) in [5.74, 6) is 0.749. The third-order valence-corrected chi connectivity index (χ3v) is 4.48. The van der Waals surface area contributed by atoms with Crippen LogP contribution < -0.4 is 0 Å². The van der Waals surface area contributed by atoms with Crippen LogP contribution in [-0.4, -0.2) is 24.3 Å². The van der Waals surface area contributed by atoms with E-state index in [-0.39, 0.29) is 12.6 Å². The molecular formula is C21H42O3. The second kappa shape index (κ2) is 18.8. The van der Waals surface area contributed by atoms with Crippen LogP contribution in [0.3, 0.4) is 0 Å². The van der Waals surface area contributed by atoms with Gasteiger partial charge in [-0.15, -0.1) is 0 Å². The maximum atomic E-state index is 11.3. The Balaban J connectivity index is 3.08. The molecule has 0 aliphatic heterocycles. The molecule has 0 heterocycles. The molecule has 0 rings (SSSR count). The van der Waals surface area contributed by atoms with Gasteiger partial charge in [0.2, 0.25) is 0 Å². The predicted molar refractivity (Wildman–Crippen MR) is 102 cm³/mol. The van der Waals surface area contributed by atoms with Crippen molar-refractivity contribution in [2.24, 2.45) is 5.92 Å². The Morgan fingerprint density at radius 1 is 0.750 bits per heavy atom. The zero-order valence-corrected chi connectivity index (χ0v) is 16.4. The fraction of sp³-hybridized carbons (Fsp3) is 0.952. The van der Waals surface area contributed by atoms with Crippen LogP contribution in [0, 0.1) is 5.92 Å². The van der Waals surface area contributed by atoms with Gasteiger partial charge in [0.1, 0.15) is 0 Å². The van der Waals surface area contributed by atoms with Crippen molar-refractivity contribution in [1.82, 2.24) is 0 Å². The maximum Gasteiger partial charge on any atom is 0.305 e. The Hall–Kier alpha value is -0.570. The molecule has 0 spiro atoms. The molecule has 24 heavy (non-hydrogen) atoms. The van der Waals surface area contributed by atoms with Crippen LogP contribution in [0.5, 0.6) is 0 Å². The fourth-order valence-corrected chi connectivity index (χ4v) is 2.91. The Kier molecular flexibility index (Phi) is 18.3. The van der Waals surface area contributed by atoms with E-state index in [0.29, 0.717) is 19.4 Å². The van der Waals surface area contributed by atoms with Gasteiger partial charge in [0.15, 0.2) is 0 Å². The quantitative estimate of drug-likeness (QED) is 0.244. The largest absolute Gasteiger partial charge is 0.466 e. The number of carbonyl (C=O) groups excluding carboxylic acids is 1. The number of aliphatic hydroxyl groups is 1. The smallest absolute Gasteiger partial charge is 0.305 e. The summed E-state index contributed by atoms with van der Waals surface area (Å²) in [5, 5.41) is 8.60. The highest BCUT2D eigenvalue weighted by Gasteiger charge is 2.02. The summed E-state index contributed by atoms with van der Waals surface area (Å²) in [5.41, 5.74) is 0. The van der Waals surface area contributed by atoms with Crippen LogP contribution in [0.4, 0.5) is 0 Å². The minimum atomic E-state index is -0.114. The minimum Gasteiger partial charge on any atom is -0.466 e. The lowest BCUT2D eigenvalue weighted by Crippen LogP contribution is -2.06. The molecule has 0 unspecified atom stereocenters. The lowest BCUT2D eigenvalue weighted by molar-refractivity contribution is -0.144. The van der Waals surface area contributed by atoms with Gasteiger partial charge in [0, 0.05) is 19.4 Å². The Bertz CT molecular complexity index is 264. The molecule has 0 aromatic rings. The molecule has 0 aliphatic rings. The molecule has 0 bridgehead atoms. The van der Waals surface area contributed by atoms with Gasteiger partial charge in [0.05, 0.1) is 6.61 Å². The molecule has 0 saturated heterocycles. The molecule has 3 heteroatoms. The number of ether oxygens (including phenoxy) is 1. The van der Waals surface area contributed by atoms with Crippen LogP contribution in [0.25, 0.3) is 0 Å². The Labute approximate surface area is 150 Å². The van der Waals surface area contributed by atoms with E-state index >= 15 is 0 Å². The van der Waals surface area contributed by atoms with Gasteiger partial charge in [-0.2, -0.15) is 0 Å². The molecule has 0 radical (unpaired) electrons. The zero-order valence-electron chi connectivity index (χ0n) is 16.4. The first-order chi connectivity index (χ1) is 11.7. The fourth-order valence-electron chi connectivity index (χ4n) is 2.91. The first-order valence-electron chi connectivity index (χ1n) is 10.4. The van der Waals surface area contributed by atoms with E-state index in [1.54, 1.807) is 0 Å². The maximum absolute atomic E-state index is 11.3. The van der Waals surface area contributed by atoms with Crippen molar-refractivity contribution in [1.29, 1.82) is 0 Å². The second-order valence-corrected chi connectivity index (χ2v) is 7.47. The second-order valence-electron chi connectivity index (χ2n) is 7.47. The molecule has 3 nitrogen and oxygen atoms in total. The molecule has 0 aliphatic carbocycles. The summed E-state index contributed by atoms with van der Waals surface area (Å²) in [6, 6.07) is 0. The average molecular weight is 343 g/mol. The molecule has 0 atom stereocenters. The van der Waals surface area contributed by atoms with E-state index in [9.17, 15) is 4.79 Å². The van der Waals surface area contributed by atoms with Gasteiger partial charge in [-0.3, -0.25) is 4.79 Å². The molecule has 0 amide bonds. The molecule has 0 fully saturated rings. The number of rotatable bonds is 18.